The fourth-order valence-electron chi connectivity index (χ4n) is 5.22. The molecule has 0 bridgehead atoms. The van der Waals surface area contributed by atoms with E-state index < -0.39 is 17.4 Å². The van der Waals surface area contributed by atoms with Crippen LogP contribution < -0.4 is 15.5 Å². The average molecular weight is 500 g/mol. The van der Waals surface area contributed by atoms with Crippen molar-refractivity contribution in [1.29, 1.82) is 0 Å². The molecular weight excluding hydrogens is 478 g/mol. The number of fused-ring (bicyclic) bond motifs is 4. The standard InChI is InChI=1S/C23H22BrN3O3S/c1-12-3-6-14(7-4-12)27-20(28)18-17(9-10-31-2)26-23(19(18)21(27)29)15-11-13(24)5-8-16(15)25-22(23)30/h3-8,11,17-19,26H,9-10H2,1-2H3,(H,25,30). The number of aryl methyl sites for hydroxylation is 1. The maximum atomic E-state index is 13.8. The van der Waals surface area contributed by atoms with Crippen LogP contribution in [0.3, 0.4) is 0 Å². The molecule has 2 fully saturated rings. The predicted molar refractivity (Wildman–Crippen MR) is 125 cm³/mol. The molecule has 2 aromatic carbocycles. The molecule has 4 atom stereocenters. The number of anilines is 2. The number of thioether (sulfide) groups is 1. The molecule has 4 unspecified atom stereocenters. The van der Waals surface area contributed by atoms with Gasteiger partial charge in [0.25, 0.3) is 0 Å². The largest absolute Gasteiger partial charge is 0.324 e. The first-order valence-electron chi connectivity index (χ1n) is 10.2. The molecule has 2 aromatic rings. The number of carbonyl (C=O) groups is 3. The first-order chi connectivity index (χ1) is 14.9. The lowest BCUT2D eigenvalue weighted by molar-refractivity contribution is -0.130. The minimum Gasteiger partial charge on any atom is -0.324 e. The number of hydrogen-bond donors (Lipinski definition) is 2. The van der Waals surface area contributed by atoms with E-state index in [0.29, 0.717) is 17.8 Å². The molecule has 0 radical (unpaired) electrons. The Morgan fingerprint density at radius 1 is 1.10 bits per heavy atom. The summed E-state index contributed by atoms with van der Waals surface area (Å²) in [6.45, 7) is 1.96. The molecule has 2 saturated heterocycles. The highest BCUT2D eigenvalue weighted by atomic mass is 79.9. The molecule has 0 saturated carbocycles. The second kappa shape index (κ2) is 7.46. The number of imide groups is 1. The SMILES string of the molecule is CSCCC1NC2(C(=O)Nc3ccc(Br)cc32)C2C(=O)N(c3ccc(C)cc3)C(=O)C12. The Morgan fingerprint density at radius 2 is 1.84 bits per heavy atom. The lowest BCUT2D eigenvalue weighted by atomic mass is 9.76. The summed E-state index contributed by atoms with van der Waals surface area (Å²) in [5.74, 6) is -1.36. The van der Waals surface area contributed by atoms with Gasteiger partial charge in [0.05, 0.1) is 17.5 Å². The van der Waals surface area contributed by atoms with Crippen LogP contribution in [-0.2, 0) is 19.9 Å². The van der Waals surface area contributed by atoms with Crippen molar-refractivity contribution < 1.29 is 14.4 Å². The second-order valence-electron chi connectivity index (χ2n) is 8.34. The summed E-state index contributed by atoms with van der Waals surface area (Å²) in [5.41, 5.74) is 1.76. The van der Waals surface area contributed by atoms with Crippen molar-refractivity contribution in [3.8, 4) is 0 Å². The van der Waals surface area contributed by atoms with Crippen molar-refractivity contribution >= 4 is 56.8 Å². The Bertz CT molecular complexity index is 1110. The molecular formula is C23H22BrN3O3S. The fourth-order valence-corrected chi connectivity index (χ4v) is 6.07. The summed E-state index contributed by atoms with van der Waals surface area (Å²) in [6, 6.07) is 12.7. The molecule has 0 aliphatic carbocycles. The minimum atomic E-state index is -1.25. The molecule has 8 heteroatoms. The molecule has 6 nitrogen and oxygen atoms in total. The number of benzene rings is 2. The third-order valence-corrected chi connectivity index (χ3v) is 7.74. The summed E-state index contributed by atoms with van der Waals surface area (Å²) in [4.78, 5) is 42.0. The van der Waals surface area contributed by atoms with Gasteiger partial charge in [-0.05, 0) is 55.7 Å². The van der Waals surface area contributed by atoms with Gasteiger partial charge in [0.15, 0.2) is 0 Å². The normalized spacial score (nSPS) is 28.9. The molecule has 3 heterocycles. The van der Waals surface area contributed by atoms with Crippen LogP contribution in [0.4, 0.5) is 11.4 Å². The van der Waals surface area contributed by atoms with Crippen LogP contribution in [0, 0.1) is 18.8 Å². The number of hydrogen-bond acceptors (Lipinski definition) is 5. The van der Waals surface area contributed by atoms with Crippen LogP contribution >= 0.6 is 27.7 Å². The van der Waals surface area contributed by atoms with E-state index in [1.54, 1.807) is 23.9 Å². The average Bonchev–Trinajstić information content (AvgIpc) is 3.32. The Balaban J connectivity index is 1.65. The van der Waals surface area contributed by atoms with Crippen molar-refractivity contribution in [2.75, 3.05) is 22.2 Å². The number of carbonyl (C=O) groups excluding carboxylic acids is 3. The zero-order valence-electron chi connectivity index (χ0n) is 17.1. The van der Waals surface area contributed by atoms with Crippen molar-refractivity contribution in [2.24, 2.45) is 11.8 Å². The van der Waals surface area contributed by atoms with Crippen LogP contribution in [0.1, 0.15) is 17.5 Å². The number of halogens is 1. The van der Waals surface area contributed by atoms with Crippen LogP contribution in [0.25, 0.3) is 0 Å². The Labute approximate surface area is 193 Å². The number of nitrogens with one attached hydrogen (secondary N) is 2. The van der Waals surface area contributed by atoms with E-state index in [-0.39, 0.29) is 23.8 Å². The summed E-state index contributed by atoms with van der Waals surface area (Å²) >= 11 is 5.18. The van der Waals surface area contributed by atoms with Crippen molar-refractivity contribution in [3.63, 3.8) is 0 Å². The second-order valence-corrected chi connectivity index (χ2v) is 10.2. The van der Waals surface area contributed by atoms with Crippen LogP contribution in [0.5, 0.6) is 0 Å². The Hall–Kier alpha value is -2.16. The maximum Gasteiger partial charge on any atom is 0.250 e. The highest BCUT2D eigenvalue weighted by molar-refractivity contribution is 9.10. The molecule has 3 amide bonds. The van der Waals surface area contributed by atoms with Gasteiger partial charge in [-0.3, -0.25) is 19.7 Å². The predicted octanol–water partition coefficient (Wildman–Crippen LogP) is 3.44. The first kappa shape index (κ1) is 20.7. The van der Waals surface area contributed by atoms with E-state index in [9.17, 15) is 14.4 Å². The van der Waals surface area contributed by atoms with E-state index in [1.807, 2.05) is 43.5 Å². The van der Waals surface area contributed by atoms with Gasteiger partial charge in [-0.1, -0.05) is 33.6 Å². The van der Waals surface area contributed by atoms with Crippen LogP contribution in [0.15, 0.2) is 46.9 Å². The van der Waals surface area contributed by atoms with Crippen molar-refractivity contribution in [2.45, 2.75) is 24.9 Å². The van der Waals surface area contributed by atoms with E-state index >= 15 is 0 Å². The first-order valence-corrected chi connectivity index (χ1v) is 12.4. The summed E-state index contributed by atoms with van der Waals surface area (Å²) < 4.78 is 0.820. The van der Waals surface area contributed by atoms with Gasteiger partial charge in [0, 0.05) is 21.8 Å². The molecule has 2 N–H and O–H groups in total. The lowest BCUT2D eigenvalue weighted by Crippen LogP contribution is -2.53. The van der Waals surface area contributed by atoms with Crippen LogP contribution in [0.2, 0.25) is 0 Å². The molecule has 31 heavy (non-hydrogen) atoms. The van der Waals surface area contributed by atoms with Crippen molar-refractivity contribution in [3.05, 3.63) is 58.1 Å². The van der Waals surface area contributed by atoms with Crippen molar-refractivity contribution in [1.82, 2.24) is 5.32 Å². The van der Waals surface area contributed by atoms with Gasteiger partial charge < -0.3 is 5.32 Å². The van der Waals surface area contributed by atoms with E-state index in [1.165, 1.54) is 4.90 Å². The van der Waals surface area contributed by atoms with Gasteiger partial charge in [-0.2, -0.15) is 11.8 Å². The van der Waals surface area contributed by atoms with E-state index in [2.05, 4.69) is 26.6 Å². The number of nitrogens with zero attached hydrogens (tertiary/aromatic N) is 1. The molecule has 1 spiro atoms. The third-order valence-electron chi connectivity index (χ3n) is 6.60. The van der Waals surface area contributed by atoms with Gasteiger partial charge >= 0.3 is 0 Å². The Morgan fingerprint density at radius 3 is 2.55 bits per heavy atom. The third kappa shape index (κ3) is 2.92. The van der Waals surface area contributed by atoms with Gasteiger partial charge in [-0.15, -0.1) is 0 Å². The van der Waals surface area contributed by atoms with E-state index in [4.69, 9.17) is 0 Å². The van der Waals surface area contributed by atoms with Gasteiger partial charge in [0.1, 0.15) is 5.54 Å². The van der Waals surface area contributed by atoms with Gasteiger partial charge in [0.2, 0.25) is 17.7 Å². The van der Waals surface area contributed by atoms with Crippen LogP contribution in [-0.4, -0.2) is 35.8 Å². The maximum absolute atomic E-state index is 13.8. The Kier molecular flexibility index (Phi) is 4.99. The number of amides is 3. The summed E-state index contributed by atoms with van der Waals surface area (Å²) in [7, 11) is 0. The zero-order chi connectivity index (χ0) is 21.9. The minimum absolute atomic E-state index is 0.231. The van der Waals surface area contributed by atoms with E-state index in [0.717, 1.165) is 21.4 Å². The highest BCUT2D eigenvalue weighted by Crippen LogP contribution is 2.54. The molecule has 5 rings (SSSR count). The monoisotopic (exact) mass is 499 g/mol. The zero-order valence-corrected chi connectivity index (χ0v) is 19.5. The van der Waals surface area contributed by atoms with Gasteiger partial charge in [-0.25, -0.2) is 4.90 Å². The molecule has 0 aromatic heterocycles. The highest BCUT2D eigenvalue weighted by Gasteiger charge is 2.70. The lowest BCUT2D eigenvalue weighted by Gasteiger charge is -2.29. The smallest absolute Gasteiger partial charge is 0.250 e. The number of rotatable bonds is 4. The molecule has 160 valence electrons. The summed E-state index contributed by atoms with van der Waals surface area (Å²) in [5, 5.41) is 6.40. The fraction of sp³-hybridized carbons (Fsp3) is 0.348. The topological polar surface area (TPSA) is 78.5 Å². The molecule has 3 aliphatic heterocycles. The quantitative estimate of drug-likeness (QED) is 0.630. The summed E-state index contributed by atoms with van der Waals surface area (Å²) in [6.07, 6.45) is 2.71. The molecule has 3 aliphatic rings.